The van der Waals surface area contributed by atoms with Crippen molar-refractivity contribution in [2.45, 2.75) is 72.9 Å². The van der Waals surface area contributed by atoms with E-state index in [2.05, 4.69) is 17.2 Å². The van der Waals surface area contributed by atoms with Crippen molar-refractivity contribution < 1.29 is 9.59 Å². The molecule has 2 unspecified atom stereocenters. The van der Waals surface area contributed by atoms with Gasteiger partial charge in [-0.15, -0.1) is 0 Å². The number of hydrogen-bond donors (Lipinski definition) is 3. The van der Waals surface area contributed by atoms with Crippen LogP contribution < -0.4 is 16.4 Å². The summed E-state index contributed by atoms with van der Waals surface area (Å²) in [4.78, 5) is 25.2. The molecule has 140 valence electrons. The van der Waals surface area contributed by atoms with Crippen LogP contribution in [0.3, 0.4) is 0 Å². The van der Waals surface area contributed by atoms with Crippen LogP contribution in [0, 0.1) is 17.8 Å². The zero-order valence-corrected chi connectivity index (χ0v) is 16.3. The molecule has 0 aromatic heterocycles. The topological polar surface area (TPSA) is 84.2 Å². The normalized spacial score (nSPS) is 14.0. The summed E-state index contributed by atoms with van der Waals surface area (Å²) in [5.41, 5.74) is 5.48. The summed E-state index contributed by atoms with van der Waals surface area (Å²) in [5, 5.41) is 6.30. The third kappa shape index (κ3) is 9.06. The largest absolute Gasteiger partial charge is 0.386 e. The molecule has 0 saturated carbocycles. The van der Waals surface area contributed by atoms with Gasteiger partial charge in [0.05, 0.1) is 11.9 Å². The van der Waals surface area contributed by atoms with Gasteiger partial charge in [0, 0.05) is 30.8 Å². The van der Waals surface area contributed by atoms with Gasteiger partial charge >= 0.3 is 0 Å². The molecule has 5 heteroatoms. The van der Waals surface area contributed by atoms with Gasteiger partial charge in [-0.25, -0.2) is 0 Å². The highest BCUT2D eigenvalue weighted by atomic mass is 16.1. The van der Waals surface area contributed by atoms with Gasteiger partial charge in [0.1, 0.15) is 5.78 Å². The Balaban J connectivity index is 4.85. The van der Waals surface area contributed by atoms with E-state index in [1.165, 1.54) is 0 Å². The molecule has 0 saturated heterocycles. The second-order valence-corrected chi connectivity index (χ2v) is 7.56. The molecule has 0 heterocycles. The van der Waals surface area contributed by atoms with Gasteiger partial charge in [0.25, 0.3) is 0 Å². The fourth-order valence-corrected chi connectivity index (χ4v) is 2.80. The summed E-state index contributed by atoms with van der Waals surface area (Å²) in [6, 6.07) is 0.0368. The minimum absolute atomic E-state index is 0.0595. The van der Waals surface area contributed by atoms with E-state index in [9.17, 15) is 9.59 Å². The lowest BCUT2D eigenvalue weighted by molar-refractivity contribution is -0.131. The molecule has 0 aromatic rings. The van der Waals surface area contributed by atoms with Crippen LogP contribution in [0.4, 0.5) is 0 Å². The molecule has 5 nitrogen and oxygen atoms in total. The van der Waals surface area contributed by atoms with Gasteiger partial charge in [-0.2, -0.15) is 0 Å². The van der Waals surface area contributed by atoms with E-state index < -0.39 is 0 Å². The van der Waals surface area contributed by atoms with Crippen molar-refractivity contribution in [1.82, 2.24) is 10.6 Å². The van der Waals surface area contributed by atoms with Crippen molar-refractivity contribution in [3.8, 4) is 0 Å². The predicted octanol–water partition coefficient (Wildman–Crippen LogP) is 2.61. The van der Waals surface area contributed by atoms with Crippen LogP contribution >= 0.6 is 0 Å². The second-order valence-electron chi connectivity index (χ2n) is 7.56. The summed E-state index contributed by atoms with van der Waals surface area (Å²) < 4.78 is 0. The van der Waals surface area contributed by atoms with E-state index in [0.717, 1.165) is 6.42 Å². The van der Waals surface area contributed by atoms with Crippen LogP contribution in [-0.4, -0.2) is 30.2 Å². The number of ketones is 2. The molecule has 0 amide bonds. The first-order chi connectivity index (χ1) is 11.1. The van der Waals surface area contributed by atoms with Gasteiger partial charge < -0.3 is 16.4 Å². The van der Waals surface area contributed by atoms with Gasteiger partial charge in [0.15, 0.2) is 5.78 Å². The SMILES string of the molecule is C=C(N)NCCCC(CC(=O)C(NC(C)C)C(C)C)C(=O)C(C)C. The van der Waals surface area contributed by atoms with Crippen molar-refractivity contribution in [3.63, 3.8) is 0 Å². The quantitative estimate of drug-likeness (QED) is 0.449. The lowest BCUT2D eigenvalue weighted by atomic mass is 9.84. The van der Waals surface area contributed by atoms with Crippen LogP contribution in [0.15, 0.2) is 12.4 Å². The summed E-state index contributed by atoms with van der Waals surface area (Å²) >= 11 is 0. The van der Waals surface area contributed by atoms with Crippen LogP contribution in [0.2, 0.25) is 0 Å². The Kier molecular flexibility index (Phi) is 10.6. The van der Waals surface area contributed by atoms with Gasteiger partial charge in [-0.1, -0.05) is 48.1 Å². The standard InChI is InChI=1S/C19H37N3O2/c1-12(2)18(22-14(5)6)17(23)11-16(19(24)13(3)4)9-8-10-21-15(7)20/h12-14,16,18,21-22H,7-11,20H2,1-6H3. The van der Waals surface area contributed by atoms with Crippen LogP contribution in [0.1, 0.15) is 60.8 Å². The van der Waals surface area contributed by atoms with Crippen molar-refractivity contribution in [1.29, 1.82) is 0 Å². The maximum atomic E-state index is 12.7. The Labute approximate surface area is 147 Å². The predicted molar refractivity (Wildman–Crippen MR) is 100 cm³/mol. The average molecular weight is 340 g/mol. The fourth-order valence-electron chi connectivity index (χ4n) is 2.80. The number of hydrogen-bond acceptors (Lipinski definition) is 5. The van der Waals surface area contributed by atoms with E-state index in [1.54, 1.807) is 0 Å². The lowest BCUT2D eigenvalue weighted by Gasteiger charge is -2.26. The Hall–Kier alpha value is -1.36. The molecule has 2 atom stereocenters. The number of nitrogens with two attached hydrogens (primary N) is 1. The van der Waals surface area contributed by atoms with Crippen LogP contribution in [-0.2, 0) is 9.59 Å². The smallest absolute Gasteiger partial charge is 0.150 e. The minimum Gasteiger partial charge on any atom is -0.386 e. The maximum Gasteiger partial charge on any atom is 0.150 e. The Morgan fingerprint density at radius 3 is 2.08 bits per heavy atom. The first kappa shape index (κ1) is 22.6. The molecular formula is C19H37N3O2. The Bertz CT molecular complexity index is 417. The molecule has 0 spiro atoms. The van der Waals surface area contributed by atoms with E-state index in [1.807, 2.05) is 41.5 Å². The second kappa shape index (κ2) is 11.2. The molecule has 24 heavy (non-hydrogen) atoms. The summed E-state index contributed by atoms with van der Waals surface area (Å²) in [6.45, 7) is 16.2. The minimum atomic E-state index is -0.222. The Morgan fingerprint density at radius 1 is 1.08 bits per heavy atom. The molecule has 0 aliphatic heterocycles. The maximum absolute atomic E-state index is 12.7. The molecule has 0 rings (SSSR count). The number of carbonyl (C=O) groups is 2. The highest BCUT2D eigenvalue weighted by Gasteiger charge is 2.29. The van der Waals surface area contributed by atoms with Crippen molar-refractivity contribution in [3.05, 3.63) is 12.4 Å². The van der Waals surface area contributed by atoms with Crippen LogP contribution in [0.5, 0.6) is 0 Å². The number of nitrogens with one attached hydrogen (secondary N) is 2. The molecular weight excluding hydrogens is 302 g/mol. The van der Waals surface area contributed by atoms with Gasteiger partial charge in [-0.3, -0.25) is 9.59 Å². The van der Waals surface area contributed by atoms with E-state index in [0.29, 0.717) is 25.2 Å². The van der Waals surface area contributed by atoms with E-state index in [-0.39, 0.29) is 41.4 Å². The van der Waals surface area contributed by atoms with E-state index in [4.69, 9.17) is 5.73 Å². The zero-order chi connectivity index (χ0) is 18.9. The zero-order valence-electron chi connectivity index (χ0n) is 16.3. The van der Waals surface area contributed by atoms with Gasteiger partial charge in [-0.05, 0) is 18.8 Å². The summed E-state index contributed by atoms with van der Waals surface area (Å²) in [5.74, 6) is 0.656. The molecule has 0 aliphatic rings. The van der Waals surface area contributed by atoms with Crippen molar-refractivity contribution in [2.24, 2.45) is 23.5 Å². The molecule has 0 bridgehead atoms. The molecule has 0 aromatic carbocycles. The molecule has 0 radical (unpaired) electrons. The fraction of sp³-hybridized carbons (Fsp3) is 0.789. The third-order valence-electron chi connectivity index (χ3n) is 4.03. The Morgan fingerprint density at radius 2 is 1.67 bits per heavy atom. The first-order valence-corrected chi connectivity index (χ1v) is 9.06. The lowest BCUT2D eigenvalue weighted by Crippen LogP contribution is -2.45. The molecule has 0 fully saturated rings. The van der Waals surface area contributed by atoms with Crippen molar-refractivity contribution >= 4 is 11.6 Å². The third-order valence-corrected chi connectivity index (χ3v) is 4.03. The average Bonchev–Trinajstić information content (AvgIpc) is 2.45. The van der Waals surface area contributed by atoms with Crippen molar-refractivity contribution in [2.75, 3.05) is 6.54 Å². The number of rotatable bonds is 13. The number of carbonyl (C=O) groups excluding carboxylic acids is 2. The summed E-state index contributed by atoms with van der Waals surface area (Å²) in [7, 11) is 0. The number of Topliss-reactive ketones (excluding diaryl/α,β-unsaturated/α-hetero) is 2. The molecule has 4 N–H and O–H groups in total. The van der Waals surface area contributed by atoms with Crippen LogP contribution in [0.25, 0.3) is 0 Å². The highest BCUT2D eigenvalue weighted by molar-refractivity contribution is 5.91. The van der Waals surface area contributed by atoms with E-state index >= 15 is 0 Å². The molecule has 0 aliphatic carbocycles. The monoisotopic (exact) mass is 339 g/mol. The van der Waals surface area contributed by atoms with Gasteiger partial charge in [0.2, 0.25) is 0 Å². The first-order valence-electron chi connectivity index (χ1n) is 9.06. The summed E-state index contributed by atoms with van der Waals surface area (Å²) in [6.07, 6.45) is 1.79. The highest BCUT2D eigenvalue weighted by Crippen LogP contribution is 2.20.